The van der Waals surface area contributed by atoms with Gasteiger partial charge in [-0.25, -0.2) is 14.2 Å². The van der Waals surface area contributed by atoms with Gasteiger partial charge in [0.15, 0.2) is 5.69 Å². The van der Waals surface area contributed by atoms with Crippen molar-refractivity contribution in [2.75, 3.05) is 6.54 Å². The zero-order valence-corrected chi connectivity index (χ0v) is 10.8. The number of halogens is 1. The lowest BCUT2D eigenvalue weighted by molar-refractivity contribution is 0.0690. The Hall–Kier alpha value is -2.90. The van der Waals surface area contributed by atoms with Gasteiger partial charge in [-0.2, -0.15) is 0 Å². The second kappa shape index (κ2) is 6.04. The Morgan fingerprint density at radius 2 is 2.14 bits per heavy atom. The standard InChI is InChI=1S/C13H12FN3O4/c14-8-2-1-3-10(18)11(8)12(19)15-4-5-17-6-9(13(20)21)16-7-17/h1-3,6-7,18H,4-5H2,(H,15,19)(H,20,21). The van der Waals surface area contributed by atoms with E-state index in [4.69, 9.17) is 5.11 Å². The Morgan fingerprint density at radius 3 is 2.76 bits per heavy atom. The first-order chi connectivity index (χ1) is 9.99. The largest absolute Gasteiger partial charge is 0.507 e. The molecule has 0 saturated heterocycles. The van der Waals surface area contributed by atoms with Crippen LogP contribution in [0.2, 0.25) is 0 Å². The number of aromatic nitrogens is 2. The fourth-order valence-electron chi connectivity index (χ4n) is 1.72. The third-order valence-corrected chi connectivity index (χ3v) is 2.73. The normalized spacial score (nSPS) is 10.3. The van der Waals surface area contributed by atoms with Crippen molar-refractivity contribution in [3.63, 3.8) is 0 Å². The molecule has 1 heterocycles. The molecule has 0 spiro atoms. The lowest BCUT2D eigenvalue weighted by atomic mass is 10.1. The second-order valence-electron chi connectivity index (χ2n) is 4.19. The number of carboxylic acids is 1. The minimum Gasteiger partial charge on any atom is -0.507 e. The highest BCUT2D eigenvalue weighted by Crippen LogP contribution is 2.19. The second-order valence-corrected chi connectivity index (χ2v) is 4.19. The molecule has 0 unspecified atom stereocenters. The van der Waals surface area contributed by atoms with E-state index in [0.29, 0.717) is 0 Å². The van der Waals surface area contributed by atoms with Crippen LogP contribution in [0, 0.1) is 5.82 Å². The van der Waals surface area contributed by atoms with Gasteiger partial charge in [-0.05, 0) is 12.1 Å². The van der Waals surface area contributed by atoms with Crippen molar-refractivity contribution < 1.29 is 24.2 Å². The van der Waals surface area contributed by atoms with Crippen LogP contribution in [-0.4, -0.2) is 38.2 Å². The number of rotatable bonds is 5. The zero-order valence-electron chi connectivity index (χ0n) is 10.8. The molecule has 7 nitrogen and oxygen atoms in total. The number of nitrogens with one attached hydrogen (secondary N) is 1. The van der Waals surface area contributed by atoms with Crippen LogP contribution in [0.25, 0.3) is 0 Å². The number of aromatic carboxylic acids is 1. The number of phenolic OH excluding ortho intramolecular Hbond substituents is 1. The lowest BCUT2D eigenvalue weighted by Crippen LogP contribution is -2.27. The van der Waals surface area contributed by atoms with E-state index < -0.39 is 29.0 Å². The molecule has 0 fully saturated rings. The molecule has 1 amide bonds. The molecule has 0 saturated carbocycles. The molecule has 0 aliphatic carbocycles. The van der Waals surface area contributed by atoms with Gasteiger partial charge in [0.1, 0.15) is 17.1 Å². The van der Waals surface area contributed by atoms with E-state index in [-0.39, 0.29) is 18.8 Å². The van der Waals surface area contributed by atoms with E-state index in [1.54, 1.807) is 0 Å². The molecule has 0 radical (unpaired) electrons. The summed E-state index contributed by atoms with van der Waals surface area (Å²) >= 11 is 0. The molecule has 1 aromatic heterocycles. The Labute approximate surface area is 118 Å². The minimum absolute atomic E-state index is 0.104. The summed E-state index contributed by atoms with van der Waals surface area (Å²) in [6.45, 7) is 0.392. The monoisotopic (exact) mass is 293 g/mol. The molecule has 0 bridgehead atoms. The van der Waals surface area contributed by atoms with E-state index in [1.165, 1.54) is 29.2 Å². The molecule has 0 aliphatic rings. The molecule has 110 valence electrons. The van der Waals surface area contributed by atoms with Gasteiger partial charge in [-0.15, -0.1) is 0 Å². The van der Waals surface area contributed by atoms with Crippen LogP contribution in [0.15, 0.2) is 30.7 Å². The highest BCUT2D eigenvalue weighted by atomic mass is 19.1. The fourth-order valence-corrected chi connectivity index (χ4v) is 1.72. The van der Waals surface area contributed by atoms with Crippen molar-refractivity contribution in [3.8, 4) is 5.75 Å². The third-order valence-electron chi connectivity index (χ3n) is 2.73. The summed E-state index contributed by atoms with van der Waals surface area (Å²) in [6, 6.07) is 3.58. The Bertz CT molecular complexity index is 664. The summed E-state index contributed by atoms with van der Waals surface area (Å²) in [6.07, 6.45) is 2.63. The van der Waals surface area contributed by atoms with Gasteiger partial charge in [-0.1, -0.05) is 6.07 Å². The summed E-state index contributed by atoms with van der Waals surface area (Å²) in [5, 5.41) is 20.6. The molecule has 1 aromatic carbocycles. The number of aromatic hydroxyl groups is 1. The number of carbonyl (C=O) groups excluding carboxylic acids is 1. The van der Waals surface area contributed by atoms with Gasteiger partial charge in [0.25, 0.3) is 5.91 Å². The van der Waals surface area contributed by atoms with Crippen LogP contribution in [-0.2, 0) is 6.54 Å². The molecule has 21 heavy (non-hydrogen) atoms. The molecule has 2 aromatic rings. The molecule has 0 aliphatic heterocycles. The Kier molecular flexibility index (Phi) is 4.17. The Balaban J connectivity index is 1.94. The maximum absolute atomic E-state index is 13.4. The van der Waals surface area contributed by atoms with Gasteiger partial charge in [0.2, 0.25) is 0 Å². The molecule has 3 N–H and O–H groups in total. The maximum atomic E-state index is 13.4. The van der Waals surface area contributed by atoms with Crippen molar-refractivity contribution in [1.82, 2.24) is 14.9 Å². The lowest BCUT2D eigenvalue weighted by Gasteiger charge is -2.08. The van der Waals surface area contributed by atoms with Crippen molar-refractivity contribution >= 4 is 11.9 Å². The smallest absolute Gasteiger partial charge is 0.356 e. The summed E-state index contributed by atoms with van der Waals surface area (Å²) in [5.41, 5.74) is -0.526. The van der Waals surface area contributed by atoms with Crippen molar-refractivity contribution in [3.05, 3.63) is 47.8 Å². The number of benzene rings is 1. The van der Waals surface area contributed by atoms with Crippen LogP contribution in [0.1, 0.15) is 20.8 Å². The number of hydrogen-bond donors (Lipinski definition) is 3. The van der Waals surface area contributed by atoms with Crippen LogP contribution in [0.3, 0.4) is 0 Å². The first kappa shape index (κ1) is 14.5. The van der Waals surface area contributed by atoms with Gasteiger partial charge >= 0.3 is 5.97 Å². The first-order valence-electron chi connectivity index (χ1n) is 6.00. The highest BCUT2D eigenvalue weighted by Gasteiger charge is 2.15. The summed E-state index contributed by atoms with van der Waals surface area (Å²) in [5.74, 6) is -3.15. The number of imidazole rings is 1. The van der Waals surface area contributed by atoms with E-state index >= 15 is 0 Å². The number of carbonyl (C=O) groups is 2. The van der Waals surface area contributed by atoms with Gasteiger partial charge in [0, 0.05) is 19.3 Å². The molecule has 0 atom stereocenters. The van der Waals surface area contributed by atoms with E-state index in [1.807, 2.05) is 0 Å². The van der Waals surface area contributed by atoms with Gasteiger partial charge < -0.3 is 20.1 Å². The van der Waals surface area contributed by atoms with E-state index in [2.05, 4.69) is 10.3 Å². The van der Waals surface area contributed by atoms with E-state index in [9.17, 15) is 19.1 Å². The van der Waals surface area contributed by atoms with Crippen LogP contribution in [0.5, 0.6) is 5.75 Å². The highest BCUT2D eigenvalue weighted by molar-refractivity contribution is 5.97. The SMILES string of the molecule is O=C(O)c1cn(CCNC(=O)c2c(O)cccc2F)cn1. The van der Waals surface area contributed by atoms with Crippen LogP contribution in [0.4, 0.5) is 4.39 Å². The van der Waals surface area contributed by atoms with Gasteiger partial charge in [0.05, 0.1) is 6.33 Å². The summed E-state index contributed by atoms with van der Waals surface area (Å²) < 4.78 is 14.9. The molecule has 2 rings (SSSR count). The first-order valence-corrected chi connectivity index (χ1v) is 6.00. The quantitative estimate of drug-likeness (QED) is 0.758. The van der Waals surface area contributed by atoms with Gasteiger partial charge in [-0.3, -0.25) is 4.79 Å². The molecular weight excluding hydrogens is 281 g/mol. The number of carboxylic acid groups (broad SMARTS) is 1. The number of phenols is 1. The molecular formula is C13H12FN3O4. The number of nitrogens with zero attached hydrogens (tertiary/aromatic N) is 2. The number of amides is 1. The average molecular weight is 293 g/mol. The number of hydrogen-bond acceptors (Lipinski definition) is 4. The van der Waals surface area contributed by atoms with Crippen molar-refractivity contribution in [1.29, 1.82) is 0 Å². The van der Waals surface area contributed by atoms with Crippen LogP contribution < -0.4 is 5.32 Å². The Morgan fingerprint density at radius 1 is 1.38 bits per heavy atom. The van der Waals surface area contributed by atoms with Crippen molar-refractivity contribution in [2.45, 2.75) is 6.54 Å². The zero-order chi connectivity index (χ0) is 15.4. The molecule has 8 heteroatoms. The minimum atomic E-state index is -1.14. The fraction of sp³-hybridized carbons (Fsp3) is 0.154. The topological polar surface area (TPSA) is 104 Å². The van der Waals surface area contributed by atoms with Crippen molar-refractivity contribution in [2.24, 2.45) is 0 Å². The average Bonchev–Trinajstić information content (AvgIpc) is 2.87. The van der Waals surface area contributed by atoms with Crippen LogP contribution >= 0.6 is 0 Å². The van der Waals surface area contributed by atoms with E-state index in [0.717, 1.165) is 6.07 Å². The summed E-state index contributed by atoms with van der Waals surface area (Å²) in [7, 11) is 0. The maximum Gasteiger partial charge on any atom is 0.356 e. The third kappa shape index (κ3) is 3.35. The predicted molar refractivity (Wildman–Crippen MR) is 69.6 cm³/mol. The summed E-state index contributed by atoms with van der Waals surface area (Å²) in [4.78, 5) is 26.1. The predicted octanol–water partition coefficient (Wildman–Crippen LogP) is 0.856.